The van der Waals surface area contributed by atoms with Crippen LogP contribution < -0.4 is 5.73 Å². The van der Waals surface area contributed by atoms with Gasteiger partial charge in [0.25, 0.3) is 0 Å². The molecule has 0 fully saturated rings. The van der Waals surface area contributed by atoms with E-state index in [1.165, 1.54) is 11.1 Å². The molecule has 3 rings (SSSR count). The topological polar surface area (TPSA) is 43.8 Å². The van der Waals surface area contributed by atoms with Crippen molar-refractivity contribution in [1.82, 2.24) is 9.78 Å². The Morgan fingerprint density at radius 1 is 1.21 bits per heavy atom. The lowest BCUT2D eigenvalue weighted by atomic mass is 10.1. The largest absolute Gasteiger partial charge is 0.396 e. The highest BCUT2D eigenvalue weighted by Crippen LogP contribution is 2.28. The maximum Gasteiger partial charge on any atom is 0.116 e. The van der Waals surface area contributed by atoms with E-state index in [0.717, 1.165) is 16.9 Å². The van der Waals surface area contributed by atoms with Gasteiger partial charge < -0.3 is 5.73 Å². The van der Waals surface area contributed by atoms with Crippen molar-refractivity contribution < 1.29 is 0 Å². The van der Waals surface area contributed by atoms with Crippen LogP contribution in [0.3, 0.4) is 0 Å². The molecule has 0 atom stereocenters. The molecule has 0 aliphatic carbocycles. The van der Waals surface area contributed by atoms with Crippen LogP contribution in [0.2, 0.25) is 0 Å². The van der Waals surface area contributed by atoms with Crippen LogP contribution in [0, 0.1) is 13.8 Å². The second kappa shape index (κ2) is 4.55. The SMILES string of the molecule is Cc1ccc(C)c(-n2cc(N)c(-c3ccsc3)n2)c1. The summed E-state index contributed by atoms with van der Waals surface area (Å²) in [5, 5.41) is 8.72. The monoisotopic (exact) mass is 269 g/mol. The van der Waals surface area contributed by atoms with E-state index < -0.39 is 0 Å². The molecule has 3 nitrogen and oxygen atoms in total. The first-order valence-corrected chi connectivity index (χ1v) is 7.05. The van der Waals surface area contributed by atoms with Crippen LogP contribution in [0.5, 0.6) is 0 Å². The zero-order chi connectivity index (χ0) is 13.4. The lowest BCUT2D eigenvalue weighted by molar-refractivity contribution is 0.875. The van der Waals surface area contributed by atoms with Gasteiger partial charge in [-0.05, 0) is 42.5 Å². The molecule has 0 bridgehead atoms. The minimum Gasteiger partial charge on any atom is -0.396 e. The van der Waals surface area contributed by atoms with Gasteiger partial charge in [0.2, 0.25) is 0 Å². The summed E-state index contributed by atoms with van der Waals surface area (Å²) in [7, 11) is 0. The molecule has 2 aromatic heterocycles. The van der Waals surface area contributed by atoms with Crippen molar-refractivity contribution in [3.05, 3.63) is 52.3 Å². The number of nitrogens with two attached hydrogens (primary N) is 1. The van der Waals surface area contributed by atoms with Gasteiger partial charge in [-0.25, -0.2) is 4.68 Å². The summed E-state index contributed by atoms with van der Waals surface area (Å²) in [4.78, 5) is 0. The van der Waals surface area contributed by atoms with E-state index in [9.17, 15) is 0 Å². The van der Waals surface area contributed by atoms with E-state index in [1.807, 2.05) is 22.3 Å². The average Bonchev–Trinajstić information content (AvgIpc) is 3.01. The summed E-state index contributed by atoms with van der Waals surface area (Å²) >= 11 is 1.65. The molecule has 0 spiro atoms. The maximum atomic E-state index is 6.08. The Kier molecular flexibility index (Phi) is 2.87. The quantitative estimate of drug-likeness (QED) is 0.769. The molecule has 0 aliphatic heterocycles. The number of hydrogen-bond donors (Lipinski definition) is 1. The van der Waals surface area contributed by atoms with Crippen LogP contribution in [0.25, 0.3) is 16.9 Å². The first-order chi connectivity index (χ1) is 9.15. The molecule has 4 heteroatoms. The van der Waals surface area contributed by atoms with Crippen molar-refractivity contribution in [2.45, 2.75) is 13.8 Å². The van der Waals surface area contributed by atoms with Gasteiger partial charge in [0.1, 0.15) is 5.69 Å². The van der Waals surface area contributed by atoms with E-state index >= 15 is 0 Å². The number of benzene rings is 1. The Bertz CT molecular complexity index is 711. The number of nitrogens with zero attached hydrogens (tertiary/aromatic N) is 2. The van der Waals surface area contributed by atoms with Crippen LogP contribution in [-0.4, -0.2) is 9.78 Å². The molecule has 0 saturated heterocycles. The Balaban J connectivity index is 2.12. The summed E-state index contributed by atoms with van der Waals surface area (Å²) in [5.74, 6) is 0. The van der Waals surface area contributed by atoms with Crippen molar-refractivity contribution in [2.24, 2.45) is 0 Å². The lowest BCUT2D eigenvalue weighted by Gasteiger charge is -2.06. The highest BCUT2D eigenvalue weighted by atomic mass is 32.1. The molecule has 3 aromatic rings. The van der Waals surface area contributed by atoms with E-state index in [1.54, 1.807) is 11.3 Å². The van der Waals surface area contributed by atoms with Crippen molar-refractivity contribution >= 4 is 17.0 Å². The van der Waals surface area contributed by atoms with Crippen LogP contribution in [0.4, 0.5) is 5.69 Å². The molecule has 0 saturated carbocycles. The van der Waals surface area contributed by atoms with Crippen LogP contribution in [0.15, 0.2) is 41.2 Å². The molecule has 96 valence electrons. The Labute approximate surface area is 116 Å². The van der Waals surface area contributed by atoms with E-state index in [-0.39, 0.29) is 0 Å². The zero-order valence-electron chi connectivity index (χ0n) is 10.9. The number of thiophene rings is 1. The minimum absolute atomic E-state index is 0.708. The number of aromatic nitrogens is 2. The summed E-state index contributed by atoms with van der Waals surface area (Å²) < 4.78 is 1.87. The smallest absolute Gasteiger partial charge is 0.116 e. The van der Waals surface area contributed by atoms with E-state index in [2.05, 4.69) is 42.5 Å². The molecule has 0 unspecified atom stereocenters. The Hall–Kier alpha value is -2.07. The molecule has 19 heavy (non-hydrogen) atoms. The van der Waals surface area contributed by atoms with Crippen molar-refractivity contribution in [3.63, 3.8) is 0 Å². The van der Waals surface area contributed by atoms with E-state index in [4.69, 9.17) is 5.73 Å². The third kappa shape index (κ3) is 2.15. The predicted octanol–water partition coefficient (Wildman–Crippen LogP) is 3.80. The van der Waals surface area contributed by atoms with Gasteiger partial charge in [0.05, 0.1) is 17.6 Å². The summed E-state index contributed by atoms with van der Waals surface area (Å²) in [5.41, 5.74) is 12.2. The average molecular weight is 269 g/mol. The van der Waals surface area contributed by atoms with Crippen LogP contribution in [0.1, 0.15) is 11.1 Å². The number of aryl methyl sites for hydroxylation is 2. The maximum absolute atomic E-state index is 6.08. The molecule has 0 amide bonds. The predicted molar refractivity (Wildman–Crippen MR) is 80.8 cm³/mol. The first-order valence-electron chi connectivity index (χ1n) is 6.10. The van der Waals surface area contributed by atoms with Gasteiger partial charge in [0, 0.05) is 10.9 Å². The number of rotatable bonds is 2. The van der Waals surface area contributed by atoms with Crippen molar-refractivity contribution in [1.29, 1.82) is 0 Å². The van der Waals surface area contributed by atoms with Crippen LogP contribution in [-0.2, 0) is 0 Å². The molecular formula is C15H15N3S. The third-order valence-electron chi connectivity index (χ3n) is 3.15. The number of hydrogen-bond acceptors (Lipinski definition) is 3. The fraction of sp³-hybridized carbons (Fsp3) is 0.133. The highest BCUT2D eigenvalue weighted by Gasteiger charge is 2.11. The van der Waals surface area contributed by atoms with E-state index in [0.29, 0.717) is 5.69 Å². The summed E-state index contributed by atoms with van der Waals surface area (Å²) in [6, 6.07) is 8.37. The molecule has 1 aromatic carbocycles. The van der Waals surface area contributed by atoms with Gasteiger partial charge >= 0.3 is 0 Å². The van der Waals surface area contributed by atoms with Gasteiger partial charge in [-0.2, -0.15) is 16.4 Å². The van der Waals surface area contributed by atoms with Crippen molar-refractivity contribution in [2.75, 3.05) is 5.73 Å². The normalized spacial score (nSPS) is 10.8. The van der Waals surface area contributed by atoms with Crippen molar-refractivity contribution in [3.8, 4) is 16.9 Å². The second-order valence-electron chi connectivity index (χ2n) is 4.68. The standard InChI is InChI=1S/C15H15N3S/c1-10-3-4-11(2)14(7-10)18-8-13(16)15(17-18)12-5-6-19-9-12/h3-9H,16H2,1-2H3. The molecule has 2 heterocycles. The van der Waals surface area contributed by atoms with Gasteiger partial charge in [-0.15, -0.1) is 0 Å². The summed E-state index contributed by atoms with van der Waals surface area (Å²) in [6.07, 6.45) is 1.88. The van der Waals surface area contributed by atoms with Gasteiger partial charge in [0.15, 0.2) is 0 Å². The van der Waals surface area contributed by atoms with Gasteiger partial charge in [-0.1, -0.05) is 12.1 Å². The minimum atomic E-state index is 0.708. The fourth-order valence-electron chi connectivity index (χ4n) is 2.10. The summed E-state index contributed by atoms with van der Waals surface area (Å²) in [6.45, 7) is 4.16. The Morgan fingerprint density at radius 2 is 2.05 bits per heavy atom. The Morgan fingerprint density at radius 3 is 2.79 bits per heavy atom. The van der Waals surface area contributed by atoms with Crippen LogP contribution >= 0.6 is 11.3 Å². The first kappa shape index (κ1) is 12.0. The fourth-order valence-corrected chi connectivity index (χ4v) is 2.74. The van der Waals surface area contributed by atoms with Gasteiger partial charge in [-0.3, -0.25) is 0 Å². The lowest BCUT2D eigenvalue weighted by Crippen LogP contribution is -1.98. The number of nitrogen functional groups attached to an aromatic ring is 1. The molecule has 0 aliphatic rings. The second-order valence-corrected chi connectivity index (χ2v) is 5.46. The highest BCUT2D eigenvalue weighted by molar-refractivity contribution is 7.08. The number of anilines is 1. The molecular weight excluding hydrogens is 254 g/mol. The molecule has 0 radical (unpaired) electrons. The molecule has 2 N–H and O–H groups in total. The third-order valence-corrected chi connectivity index (χ3v) is 3.83. The zero-order valence-corrected chi connectivity index (χ0v) is 11.7.